The van der Waals surface area contributed by atoms with Gasteiger partial charge in [-0.15, -0.1) is 11.3 Å². The molecule has 3 rings (SSSR count). The van der Waals surface area contributed by atoms with Crippen molar-refractivity contribution in [3.63, 3.8) is 0 Å². The molecule has 0 saturated carbocycles. The van der Waals surface area contributed by atoms with E-state index in [-0.39, 0.29) is 0 Å². The van der Waals surface area contributed by atoms with Gasteiger partial charge < -0.3 is 5.32 Å². The van der Waals surface area contributed by atoms with Crippen LogP contribution in [0.2, 0.25) is 0 Å². The summed E-state index contributed by atoms with van der Waals surface area (Å²) in [6, 6.07) is 9.97. The number of nitrogens with zero attached hydrogens (tertiary/aromatic N) is 2. The van der Waals surface area contributed by atoms with Gasteiger partial charge in [-0.1, -0.05) is 12.1 Å². The lowest BCUT2D eigenvalue weighted by molar-refractivity contribution is 0.645. The zero-order valence-electron chi connectivity index (χ0n) is 12.8. The van der Waals surface area contributed by atoms with E-state index in [4.69, 9.17) is 10.2 Å². The molecule has 114 valence electrons. The maximum Gasteiger partial charge on any atom is 0.0991 e. The summed E-state index contributed by atoms with van der Waals surface area (Å²) < 4.78 is 0. The Labute approximate surface area is 136 Å². The van der Waals surface area contributed by atoms with Crippen LogP contribution in [0.3, 0.4) is 0 Å². The second kappa shape index (κ2) is 7.53. The highest BCUT2D eigenvalue weighted by atomic mass is 32.1. The Morgan fingerprint density at radius 1 is 1.27 bits per heavy atom. The third kappa shape index (κ3) is 3.94. The van der Waals surface area contributed by atoms with Gasteiger partial charge in [0.1, 0.15) is 0 Å². The Balaban J connectivity index is 1.40. The summed E-state index contributed by atoms with van der Waals surface area (Å²) in [6.07, 6.45) is 7.24. The normalized spacial score (nSPS) is 13.6. The van der Waals surface area contributed by atoms with E-state index in [2.05, 4.69) is 17.5 Å². The van der Waals surface area contributed by atoms with Crippen molar-refractivity contribution in [2.75, 3.05) is 6.54 Å². The highest BCUT2D eigenvalue weighted by Crippen LogP contribution is 2.27. The third-order valence-electron chi connectivity index (χ3n) is 4.02. The lowest BCUT2D eigenvalue weighted by atomic mass is 10.0. The van der Waals surface area contributed by atoms with Gasteiger partial charge in [0.15, 0.2) is 0 Å². The number of aromatic nitrogens is 1. The summed E-state index contributed by atoms with van der Waals surface area (Å²) in [7, 11) is 0. The standard InChI is InChI=1S/C18H21N3S/c19-12-14-5-3-6-15(11-14)13-20-10-4-9-18-21-16-7-1-2-8-17(16)22-18/h3,5-6,11,20H,1-2,4,7-10,13H2. The molecule has 1 aromatic carbocycles. The first-order valence-electron chi connectivity index (χ1n) is 8.02. The monoisotopic (exact) mass is 311 g/mol. The Morgan fingerprint density at radius 2 is 2.18 bits per heavy atom. The average molecular weight is 311 g/mol. The van der Waals surface area contributed by atoms with Gasteiger partial charge in [-0.25, -0.2) is 4.98 Å². The molecule has 3 nitrogen and oxygen atoms in total. The SMILES string of the molecule is N#Cc1cccc(CNCCCc2nc3c(s2)CCCC3)c1. The molecule has 1 aromatic heterocycles. The highest BCUT2D eigenvalue weighted by Gasteiger charge is 2.14. The molecule has 0 aliphatic heterocycles. The molecule has 0 fully saturated rings. The van der Waals surface area contributed by atoms with Gasteiger partial charge in [0.25, 0.3) is 0 Å². The van der Waals surface area contributed by atoms with Crippen molar-refractivity contribution < 1.29 is 0 Å². The first-order valence-corrected chi connectivity index (χ1v) is 8.84. The Hall–Kier alpha value is -1.70. The minimum atomic E-state index is 0.729. The number of nitrogens with one attached hydrogen (secondary N) is 1. The molecule has 0 amide bonds. The number of rotatable bonds is 6. The molecule has 0 spiro atoms. The van der Waals surface area contributed by atoms with Gasteiger partial charge in [0, 0.05) is 17.8 Å². The first kappa shape index (κ1) is 15.2. The Kier molecular flexibility index (Phi) is 5.20. The number of fused-ring (bicyclic) bond motifs is 1. The molecule has 0 unspecified atom stereocenters. The van der Waals surface area contributed by atoms with Crippen LogP contribution in [0.4, 0.5) is 0 Å². The molecule has 4 heteroatoms. The fourth-order valence-corrected chi connectivity index (χ4v) is 4.06. The smallest absolute Gasteiger partial charge is 0.0991 e. The van der Waals surface area contributed by atoms with Crippen LogP contribution in [0.15, 0.2) is 24.3 Å². The zero-order chi connectivity index (χ0) is 15.2. The number of aryl methyl sites for hydroxylation is 3. The fraction of sp³-hybridized carbons (Fsp3) is 0.444. The van der Waals surface area contributed by atoms with E-state index in [1.54, 1.807) is 0 Å². The summed E-state index contributed by atoms with van der Waals surface area (Å²) >= 11 is 1.92. The minimum absolute atomic E-state index is 0.729. The molecule has 22 heavy (non-hydrogen) atoms. The van der Waals surface area contributed by atoms with Crippen molar-refractivity contribution in [3.05, 3.63) is 51.0 Å². The molecule has 1 heterocycles. The summed E-state index contributed by atoms with van der Waals surface area (Å²) in [5.74, 6) is 0. The predicted octanol–water partition coefficient (Wildman–Crippen LogP) is 3.62. The lowest BCUT2D eigenvalue weighted by Crippen LogP contribution is -2.15. The van der Waals surface area contributed by atoms with E-state index in [0.29, 0.717) is 0 Å². The van der Waals surface area contributed by atoms with Crippen molar-refractivity contribution in [3.8, 4) is 6.07 Å². The molecule has 1 aliphatic carbocycles. The van der Waals surface area contributed by atoms with Gasteiger partial charge in [-0.05, 0) is 56.3 Å². The van der Waals surface area contributed by atoms with Crippen LogP contribution in [-0.4, -0.2) is 11.5 Å². The van der Waals surface area contributed by atoms with Crippen molar-refractivity contribution >= 4 is 11.3 Å². The van der Waals surface area contributed by atoms with Crippen molar-refractivity contribution in [1.29, 1.82) is 5.26 Å². The van der Waals surface area contributed by atoms with Crippen LogP contribution < -0.4 is 5.32 Å². The third-order valence-corrected chi connectivity index (χ3v) is 5.24. The van der Waals surface area contributed by atoms with Crippen molar-refractivity contribution in [2.24, 2.45) is 0 Å². The number of benzene rings is 1. The molecule has 0 atom stereocenters. The van der Waals surface area contributed by atoms with Crippen molar-refractivity contribution in [1.82, 2.24) is 10.3 Å². The van der Waals surface area contributed by atoms with Gasteiger partial charge in [-0.3, -0.25) is 0 Å². The number of hydrogen-bond acceptors (Lipinski definition) is 4. The first-order chi connectivity index (χ1) is 10.8. The average Bonchev–Trinajstić information content (AvgIpc) is 2.97. The molecular formula is C18H21N3S. The van der Waals surface area contributed by atoms with E-state index in [0.717, 1.165) is 31.5 Å². The van der Waals surface area contributed by atoms with Crippen LogP contribution >= 0.6 is 11.3 Å². The van der Waals surface area contributed by atoms with Crippen LogP contribution in [0, 0.1) is 11.3 Å². The van der Waals surface area contributed by atoms with Crippen LogP contribution in [0.1, 0.15) is 46.0 Å². The molecular weight excluding hydrogens is 290 g/mol. The van der Waals surface area contributed by atoms with Crippen molar-refractivity contribution in [2.45, 2.75) is 45.1 Å². The molecule has 2 aromatic rings. The quantitative estimate of drug-likeness (QED) is 0.829. The van der Waals surface area contributed by atoms with Gasteiger partial charge in [0.2, 0.25) is 0 Å². The fourth-order valence-electron chi connectivity index (χ4n) is 2.86. The summed E-state index contributed by atoms with van der Waals surface area (Å²) in [6.45, 7) is 1.81. The maximum atomic E-state index is 8.89. The van der Waals surface area contributed by atoms with Gasteiger partial charge in [-0.2, -0.15) is 5.26 Å². The molecule has 1 N–H and O–H groups in total. The summed E-state index contributed by atoms with van der Waals surface area (Å²) in [4.78, 5) is 6.31. The Morgan fingerprint density at radius 3 is 3.05 bits per heavy atom. The van der Waals surface area contributed by atoms with E-state index in [1.807, 2.05) is 29.5 Å². The topological polar surface area (TPSA) is 48.7 Å². The molecule has 0 radical (unpaired) electrons. The van der Waals surface area contributed by atoms with E-state index < -0.39 is 0 Å². The van der Waals surface area contributed by atoms with E-state index in [1.165, 1.54) is 46.8 Å². The highest BCUT2D eigenvalue weighted by molar-refractivity contribution is 7.11. The number of nitriles is 1. The van der Waals surface area contributed by atoms with Crippen LogP contribution in [0.5, 0.6) is 0 Å². The lowest BCUT2D eigenvalue weighted by Gasteiger charge is -2.06. The predicted molar refractivity (Wildman–Crippen MR) is 89.9 cm³/mol. The Bertz CT molecular complexity index is 646. The second-order valence-electron chi connectivity index (χ2n) is 5.78. The minimum Gasteiger partial charge on any atom is -0.313 e. The van der Waals surface area contributed by atoms with E-state index >= 15 is 0 Å². The summed E-state index contributed by atoms with van der Waals surface area (Å²) in [5, 5.41) is 13.6. The number of hydrogen-bond donors (Lipinski definition) is 1. The van der Waals surface area contributed by atoms with Gasteiger partial charge in [0.05, 0.1) is 22.3 Å². The second-order valence-corrected chi connectivity index (χ2v) is 6.95. The summed E-state index contributed by atoms with van der Waals surface area (Å²) in [5.41, 5.74) is 3.27. The number of thiazole rings is 1. The zero-order valence-corrected chi connectivity index (χ0v) is 13.6. The van der Waals surface area contributed by atoms with E-state index in [9.17, 15) is 0 Å². The molecule has 0 saturated heterocycles. The molecule has 0 bridgehead atoms. The van der Waals surface area contributed by atoms with Gasteiger partial charge >= 0.3 is 0 Å². The van der Waals surface area contributed by atoms with Crippen LogP contribution in [-0.2, 0) is 25.8 Å². The largest absolute Gasteiger partial charge is 0.313 e. The molecule has 1 aliphatic rings. The maximum absolute atomic E-state index is 8.89. The van der Waals surface area contributed by atoms with Crippen LogP contribution in [0.25, 0.3) is 0 Å².